The van der Waals surface area contributed by atoms with E-state index < -0.39 is 0 Å². The zero-order valence-electron chi connectivity index (χ0n) is 33.2. The summed E-state index contributed by atoms with van der Waals surface area (Å²) in [5, 5.41) is 4.97. The Hall–Kier alpha value is -7.44. The molecule has 0 bridgehead atoms. The molecule has 276 valence electrons. The van der Waals surface area contributed by atoms with Gasteiger partial charge in [0.1, 0.15) is 56.2 Å². The second kappa shape index (κ2) is 14.9. The molecule has 5 nitrogen and oxygen atoms in total. The molecule has 11 aromatic rings. The topological polar surface area (TPSA) is 64.7 Å². The van der Waals surface area contributed by atoms with E-state index in [1.165, 1.54) is 0 Å². The number of nitrogens with zero attached hydrogens (tertiary/aromatic N) is 4. The molecule has 0 aliphatic heterocycles. The van der Waals surface area contributed by atoms with E-state index >= 15 is 0 Å². The Bertz CT molecular complexity index is 3560. The van der Waals surface area contributed by atoms with Crippen LogP contribution in [0.3, 0.4) is 0 Å². The van der Waals surface area contributed by atoms with Gasteiger partial charge < -0.3 is 4.42 Å². The number of furan rings is 1. The first-order valence-corrected chi connectivity index (χ1v) is 20.1. The zero-order chi connectivity index (χ0) is 42.1. The molecule has 4 aromatic heterocycles. The molecular weight excluding hydrogens is 751 g/mol. The van der Waals surface area contributed by atoms with Crippen LogP contribution < -0.4 is 27.3 Å². The molecule has 10 heteroatoms. The van der Waals surface area contributed by atoms with Crippen molar-refractivity contribution in [1.29, 1.82) is 0 Å². The summed E-state index contributed by atoms with van der Waals surface area (Å²) in [5.74, 6) is 0.558. The molecule has 10 radical (unpaired) electrons. The Morgan fingerprint density at radius 2 is 0.952 bits per heavy atom. The van der Waals surface area contributed by atoms with Gasteiger partial charge in [0, 0.05) is 32.8 Å². The van der Waals surface area contributed by atoms with Crippen LogP contribution in [0.4, 0.5) is 0 Å². The summed E-state index contributed by atoms with van der Waals surface area (Å²) in [6.45, 7) is 0. The molecule has 11 rings (SSSR count). The maximum Gasteiger partial charge on any atom is 0.179 e. The van der Waals surface area contributed by atoms with Crippen LogP contribution in [0.5, 0.6) is 0 Å². The van der Waals surface area contributed by atoms with Crippen molar-refractivity contribution < 1.29 is 4.42 Å². The van der Waals surface area contributed by atoms with E-state index in [0.29, 0.717) is 39.6 Å². The lowest BCUT2D eigenvalue weighted by atomic mass is 9.60. The molecule has 0 N–H and O–H groups in total. The van der Waals surface area contributed by atoms with Crippen molar-refractivity contribution in [1.82, 2.24) is 19.9 Å². The fourth-order valence-electron chi connectivity index (χ4n) is 8.39. The minimum atomic E-state index is 0.133. The fraction of sp³-hybridized carbons (Fsp3) is 0. The smallest absolute Gasteiger partial charge is 0.179 e. The lowest BCUT2D eigenvalue weighted by molar-refractivity contribution is 0.668. The van der Waals surface area contributed by atoms with Crippen molar-refractivity contribution in [2.45, 2.75) is 0 Å². The quantitative estimate of drug-likeness (QED) is 0.164. The lowest BCUT2D eigenvalue weighted by Gasteiger charge is -2.21. The van der Waals surface area contributed by atoms with Crippen LogP contribution in [0, 0.1) is 0 Å². The second-order valence-electron chi connectivity index (χ2n) is 15.3. The number of hydrogen-bond acceptors (Lipinski definition) is 5. The molecule has 0 spiro atoms. The van der Waals surface area contributed by atoms with Gasteiger partial charge in [-0.25, -0.2) is 19.9 Å². The molecule has 7 aromatic carbocycles. The van der Waals surface area contributed by atoms with Crippen molar-refractivity contribution in [3.63, 3.8) is 0 Å². The van der Waals surface area contributed by atoms with Crippen molar-refractivity contribution in [2.24, 2.45) is 0 Å². The predicted molar refractivity (Wildman–Crippen MR) is 259 cm³/mol. The maximum atomic E-state index is 6.59. The minimum Gasteiger partial charge on any atom is -0.454 e. The van der Waals surface area contributed by atoms with Gasteiger partial charge in [0.25, 0.3) is 0 Å². The van der Waals surface area contributed by atoms with Crippen LogP contribution in [-0.2, 0) is 0 Å². The summed E-state index contributed by atoms with van der Waals surface area (Å²) < 4.78 is 6.38. The van der Waals surface area contributed by atoms with Gasteiger partial charge in [-0.05, 0) is 57.8 Å². The third-order valence-electron chi connectivity index (χ3n) is 11.6. The fourth-order valence-corrected chi connectivity index (χ4v) is 8.39. The first kappa shape index (κ1) is 37.6. The summed E-state index contributed by atoms with van der Waals surface area (Å²) in [6.07, 6.45) is 0. The van der Waals surface area contributed by atoms with Crippen molar-refractivity contribution in [3.8, 4) is 67.7 Å². The number of para-hydroxylation sites is 2. The van der Waals surface area contributed by atoms with Gasteiger partial charge in [-0.3, -0.25) is 0 Å². The first-order chi connectivity index (χ1) is 30.3. The average Bonchev–Trinajstić information content (AvgIpc) is 3.71. The molecule has 0 atom stereocenters. The number of rotatable bonds is 6. The van der Waals surface area contributed by atoms with Crippen molar-refractivity contribution >= 4 is 110 Å². The second-order valence-corrected chi connectivity index (χ2v) is 15.3. The lowest BCUT2D eigenvalue weighted by Crippen LogP contribution is -2.55. The maximum absolute atomic E-state index is 6.59. The highest BCUT2D eigenvalue weighted by molar-refractivity contribution is 6.68. The largest absolute Gasteiger partial charge is 0.454 e. The van der Waals surface area contributed by atoms with Crippen LogP contribution in [0.1, 0.15) is 0 Å². The van der Waals surface area contributed by atoms with Gasteiger partial charge >= 0.3 is 0 Å². The van der Waals surface area contributed by atoms with Gasteiger partial charge in [-0.1, -0.05) is 144 Å². The van der Waals surface area contributed by atoms with E-state index in [-0.39, 0.29) is 27.3 Å². The summed E-state index contributed by atoms with van der Waals surface area (Å²) in [5.41, 5.74) is 11.7. The standard InChI is InChI=1S/C52H27B5N4O/c53-45-44(46(54)48(56)49(57)47(45)55)50-51-37(36-15-7-9-17-43(36)62-51)26-40(59-50)31-20-18-28(19-21-31)32-23-24-35(34-14-6-5-13-33(32)34)42-27-41(29-10-2-1-3-11-29)60-52(61-42)39-25-22-30-12-4-8-16-38(30)58-39/h1-27H. The monoisotopic (exact) mass is 778 g/mol. The van der Waals surface area contributed by atoms with E-state index in [0.717, 1.165) is 71.7 Å². The van der Waals surface area contributed by atoms with Crippen molar-refractivity contribution in [3.05, 3.63) is 164 Å². The third-order valence-corrected chi connectivity index (χ3v) is 11.6. The van der Waals surface area contributed by atoms with Crippen LogP contribution in [0.15, 0.2) is 168 Å². The van der Waals surface area contributed by atoms with E-state index in [4.69, 9.17) is 63.6 Å². The SMILES string of the molecule is [B]c1c([B])c([B])c(-c2nc(-c3ccc(-c4ccc(-c5cc(-c6ccccc6)nc(-c6ccc7ccccc7n6)n5)c5ccccc45)cc3)cc3c2oc2ccccc23)c([B])c1[B]. The van der Waals surface area contributed by atoms with E-state index in [1.807, 2.05) is 72.8 Å². The van der Waals surface area contributed by atoms with Crippen LogP contribution >= 0.6 is 0 Å². The van der Waals surface area contributed by atoms with Gasteiger partial charge in [0.2, 0.25) is 0 Å². The van der Waals surface area contributed by atoms with E-state index in [2.05, 4.69) is 91.0 Å². The molecule has 0 aliphatic carbocycles. The molecule has 0 unspecified atom stereocenters. The Balaban J connectivity index is 1.03. The summed E-state index contributed by atoms with van der Waals surface area (Å²) >= 11 is 0. The molecule has 0 amide bonds. The van der Waals surface area contributed by atoms with Gasteiger partial charge in [-0.2, -0.15) is 0 Å². The average molecular weight is 778 g/mol. The molecule has 62 heavy (non-hydrogen) atoms. The highest BCUT2D eigenvalue weighted by Crippen LogP contribution is 2.39. The number of aromatic nitrogens is 4. The van der Waals surface area contributed by atoms with Crippen LogP contribution in [0.2, 0.25) is 0 Å². The molecule has 0 saturated carbocycles. The first-order valence-electron chi connectivity index (χ1n) is 20.1. The Morgan fingerprint density at radius 3 is 1.73 bits per heavy atom. The molecule has 4 heterocycles. The highest BCUT2D eigenvalue weighted by atomic mass is 16.3. The van der Waals surface area contributed by atoms with Crippen LogP contribution in [-0.4, -0.2) is 59.2 Å². The van der Waals surface area contributed by atoms with Crippen molar-refractivity contribution in [2.75, 3.05) is 0 Å². The summed E-state index contributed by atoms with van der Waals surface area (Å²) in [6, 6.07) is 55.3. The number of benzene rings is 7. The third kappa shape index (κ3) is 6.25. The van der Waals surface area contributed by atoms with Gasteiger partial charge in [0.15, 0.2) is 11.4 Å². The van der Waals surface area contributed by atoms with Crippen LogP contribution in [0.25, 0.3) is 111 Å². The minimum absolute atomic E-state index is 0.133. The van der Waals surface area contributed by atoms with E-state index in [1.54, 1.807) is 0 Å². The van der Waals surface area contributed by atoms with E-state index in [9.17, 15) is 0 Å². The predicted octanol–water partition coefficient (Wildman–Crippen LogP) is 7.44. The molecular formula is C52H27B5N4O. The Kier molecular flexibility index (Phi) is 9.04. The molecule has 0 aliphatic rings. The summed E-state index contributed by atoms with van der Waals surface area (Å²) in [7, 11) is 32.0. The highest BCUT2D eigenvalue weighted by Gasteiger charge is 2.22. The zero-order valence-corrected chi connectivity index (χ0v) is 33.2. The summed E-state index contributed by atoms with van der Waals surface area (Å²) in [4.78, 5) is 20.3. The Morgan fingerprint density at radius 1 is 0.371 bits per heavy atom. The number of hydrogen-bond donors (Lipinski definition) is 0. The van der Waals surface area contributed by atoms with Gasteiger partial charge in [0.05, 0.1) is 22.6 Å². The van der Waals surface area contributed by atoms with Gasteiger partial charge in [-0.15, -0.1) is 16.4 Å². The normalized spacial score (nSPS) is 11.5. The number of fused-ring (bicyclic) bond motifs is 5. The molecule has 0 fully saturated rings. The Labute approximate surface area is 364 Å². The number of pyridine rings is 2. The molecule has 0 saturated heterocycles.